The van der Waals surface area contributed by atoms with E-state index in [0.29, 0.717) is 0 Å². The molecule has 1 aliphatic rings. The Bertz CT molecular complexity index is 194. The number of aliphatic imine (C=N–C) groups is 1. The minimum absolute atomic E-state index is 0.884. The summed E-state index contributed by atoms with van der Waals surface area (Å²) in [4.78, 5) is 4.50. The first-order valence-electron chi connectivity index (χ1n) is 4.38. The standard InChI is InChI=1S/C7H17NOSSi2/c1-11(2)9-12(3,4)7-8-5-6-10-7/h11H,5-6H2,1-4H3. The second-order valence-electron chi connectivity index (χ2n) is 3.71. The van der Waals surface area contributed by atoms with Crippen molar-refractivity contribution in [2.24, 2.45) is 4.99 Å². The molecule has 1 heterocycles. The van der Waals surface area contributed by atoms with Gasteiger partial charge in [0.15, 0.2) is 9.04 Å². The topological polar surface area (TPSA) is 21.6 Å². The van der Waals surface area contributed by atoms with Gasteiger partial charge in [-0.2, -0.15) is 0 Å². The van der Waals surface area contributed by atoms with Crippen LogP contribution in [0.4, 0.5) is 0 Å². The van der Waals surface area contributed by atoms with E-state index in [1.54, 1.807) is 0 Å². The molecule has 0 spiro atoms. The van der Waals surface area contributed by atoms with Crippen molar-refractivity contribution in [2.45, 2.75) is 26.2 Å². The van der Waals surface area contributed by atoms with Gasteiger partial charge in [-0.3, -0.25) is 4.99 Å². The van der Waals surface area contributed by atoms with Crippen molar-refractivity contribution in [2.75, 3.05) is 12.3 Å². The van der Waals surface area contributed by atoms with Crippen LogP contribution in [0.1, 0.15) is 0 Å². The third kappa shape index (κ3) is 2.72. The van der Waals surface area contributed by atoms with Crippen LogP contribution in [0.15, 0.2) is 4.99 Å². The number of thioether (sulfide) groups is 1. The van der Waals surface area contributed by atoms with Crippen LogP contribution in [-0.2, 0) is 4.12 Å². The Hall–Kier alpha value is 0.414. The van der Waals surface area contributed by atoms with E-state index in [9.17, 15) is 0 Å². The molecule has 2 nitrogen and oxygen atoms in total. The molecule has 0 unspecified atom stereocenters. The summed E-state index contributed by atoms with van der Waals surface area (Å²) < 4.78 is 7.37. The van der Waals surface area contributed by atoms with Gasteiger partial charge in [0.1, 0.15) is 0 Å². The van der Waals surface area contributed by atoms with E-state index in [2.05, 4.69) is 31.2 Å². The molecule has 5 heteroatoms. The molecule has 12 heavy (non-hydrogen) atoms. The predicted octanol–water partition coefficient (Wildman–Crippen LogP) is 1.88. The van der Waals surface area contributed by atoms with Crippen LogP contribution in [0.3, 0.4) is 0 Å². The fourth-order valence-corrected chi connectivity index (χ4v) is 9.64. The molecule has 0 fully saturated rings. The normalized spacial score (nSPS) is 18.6. The zero-order chi connectivity index (χ0) is 9.19. The molecule has 0 atom stereocenters. The maximum Gasteiger partial charge on any atom is 0.233 e. The fraction of sp³-hybridized carbons (Fsp3) is 0.857. The van der Waals surface area contributed by atoms with Crippen molar-refractivity contribution >= 4 is 33.8 Å². The van der Waals surface area contributed by atoms with Crippen molar-refractivity contribution < 1.29 is 4.12 Å². The maximum absolute atomic E-state index is 6.05. The summed E-state index contributed by atoms with van der Waals surface area (Å²) in [7, 11) is -2.44. The van der Waals surface area contributed by atoms with Crippen LogP contribution in [0, 0.1) is 0 Å². The van der Waals surface area contributed by atoms with Crippen molar-refractivity contribution in [3.8, 4) is 0 Å². The smallest absolute Gasteiger partial charge is 0.233 e. The van der Waals surface area contributed by atoms with Crippen molar-refractivity contribution in [1.82, 2.24) is 0 Å². The molecule has 1 aliphatic heterocycles. The van der Waals surface area contributed by atoms with E-state index in [4.69, 9.17) is 4.12 Å². The third-order valence-electron chi connectivity index (χ3n) is 1.63. The summed E-state index contributed by atoms with van der Waals surface area (Å²) in [5, 5.41) is 0. The fourth-order valence-electron chi connectivity index (χ4n) is 1.34. The highest BCUT2D eigenvalue weighted by Crippen LogP contribution is 2.22. The number of hydrogen-bond donors (Lipinski definition) is 0. The molecule has 0 aliphatic carbocycles. The molecule has 0 amide bonds. The molecule has 0 saturated heterocycles. The molecule has 70 valence electrons. The Labute approximate surface area is 81.7 Å². The summed E-state index contributed by atoms with van der Waals surface area (Å²) in [6.45, 7) is 9.98. The van der Waals surface area contributed by atoms with Gasteiger partial charge in [0.05, 0.1) is 4.67 Å². The van der Waals surface area contributed by atoms with Crippen LogP contribution in [0.2, 0.25) is 26.2 Å². The van der Waals surface area contributed by atoms with Crippen LogP contribution in [0.25, 0.3) is 0 Å². The molecule has 1 rings (SSSR count). The molecule has 0 N–H and O–H groups in total. The number of nitrogens with zero attached hydrogens (tertiary/aromatic N) is 1. The van der Waals surface area contributed by atoms with Gasteiger partial charge in [-0.15, -0.1) is 11.8 Å². The quantitative estimate of drug-likeness (QED) is 0.676. The Balaban J connectivity index is 2.57. The van der Waals surface area contributed by atoms with E-state index in [1.807, 2.05) is 11.8 Å². The summed E-state index contributed by atoms with van der Waals surface area (Å²) in [6, 6.07) is 0. The average Bonchev–Trinajstić information content (AvgIpc) is 2.32. The summed E-state index contributed by atoms with van der Waals surface area (Å²) in [6.07, 6.45) is 0. The Morgan fingerprint density at radius 3 is 2.58 bits per heavy atom. The first kappa shape index (κ1) is 10.5. The van der Waals surface area contributed by atoms with Gasteiger partial charge in [0.25, 0.3) is 0 Å². The monoisotopic (exact) mass is 219 g/mol. The van der Waals surface area contributed by atoms with E-state index in [0.717, 1.165) is 12.3 Å². The summed E-state index contributed by atoms with van der Waals surface area (Å²) in [5.74, 6) is 1.16. The highest BCUT2D eigenvalue weighted by molar-refractivity contribution is 8.18. The molecular formula is C7H17NOSSi2. The summed E-state index contributed by atoms with van der Waals surface area (Å²) in [5.41, 5.74) is 0. The maximum atomic E-state index is 6.05. The lowest BCUT2D eigenvalue weighted by atomic mass is 10.8. The summed E-state index contributed by atoms with van der Waals surface area (Å²) >= 11 is 1.90. The van der Waals surface area contributed by atoms with Crippen molar-refractivity contribution in [3.05, 3.63) is 0 Å². The molecule has 0 aromatic carbocycles. The number of hydrogen-bond acceptors (Lipinski definition) is 3. The van der Waals surface area contributed by atoms with Crippen LogP contribution < -0.4 is 0 Å². The molecule has 0 bridgehead atoms. The van der Waals surface area contributed by atoms with Crippen molar-refractivity contribution in [1.29, 1.82) is 0 Å². The van der Waals surface area contributed by atoms with Gasteiger partial charge in [0.2, 0.25) is 8.32 Å². The zero-order valence-electron chi connectivity index (χ0n) is 8.26. The minimum Gasteiger partial charge on any atom is -0.454 e. The Morgan fingerprint density at radius 2 is 2.17 bits per heavy atom. The first-order valence-corrected chi connectivity index (χ1v) is 11.1. The predicted molar refractivity (Wildman–Crippen MR) is 62.2 cm³/mol. The van der Waals surface area contributed by atoms with Gasteiger partial charge in [-0.25, -0.2) is 0 Å². The highest BCUT2D eigenvalue weighted by atomic mass is 32.2. The molecule has 0 saturated carbocycles. The van der Waals surface area contributed by atoms with E-state index in [1.165, 1.54) is 4.67 Å². The zero-order valence-corrected chi connectivity index (χ0v) is 11.2. The third-order valence-corrected chi connectivity index (χ3v) is 9.76. The van der Waals surface area contributed by atoms with Gasteiger partial charge < -0.3 is 4.12 Å². The molecule has 0 radical (unpaired) electrons. The highest BCUT2D eigenvalue weighted by Gasteiger charge is 2.32. The molecule has 0 aromatic heterocycles. The second-order valence-corrected chi connectivity index (χ2v) is 11.7. The lowest BCUT2D eigenvalue weighted by Crippen LogP contribution is -2.42. The van der Waals surface area contributed by atoms with E-state index >= 15 is 0 Å². The first-order chi connectivity index (χ1) is 5.52. The van der Waals surface area contributed by atoms with Crippen LogP contribution in [0.5, 0.6) is 0 Å². The van der Waals surface area contributed by atoms with Gasteiger partial charge >= 0.3 is 0 Å². The van der Waals surface area contributed by atoms with Crippen LogP contribution >= 0.6 is 11.8 Å². The van der Waals surface area contributed by atoms with Crippen molar-refractivity contribution in [3.63, 3.8) is 0 Å². The molecular weight excluding hydrogens is 202 g/mol. The largest absolute Gasteiger partial charge is 0.454 e. The SMILES string of the molecule is C[SiH](C)O[Si](C)(C)C1=NCCS1. The van der Waals surface area contributed by atoms with Gasteiger partial charge in [-0.1, -0.05) is 0 Å². The lowest BCUT2D eigenvalue weighted by molar-refractivity contribution is 0.595. The molecule has 0 aromatic rings. The second kappa shape index (κ2) is 4.08. The van der Waals surface area contributed by atoms with E-state index in [-0.39, 0.29) is 0 Å². The average molecular weight is 219 g/mol. The van der Waals surface area contributed by atoms with E-state index < -0.39 is 17.4 Å². The van der Waals surface area contributed by atoms with Gasteiger partial charge in [-0.05, 0) is 26.2 Å². The van der Waals surface area contributed by atoms with Gasteiger partial charge in [0, 0.05) is 12.3 Å². The van der Waals surface area contributed by atoms with Crippen LogP contribution in [-0.4, -0.2) is 34.3 Å². The Kier molecular flexibility index (Phi) is 3.57. The lowest BCUT2D eigenvalue weighted by Gasteiger charge is -2.24. The Morgan fingerprint density at radius 1 is 1.50 bits per heavy atom. The minimum atomic E-state index is -1.56. The number of rotatable bonds is 3.